The van der Waals surface area contributed by atoms with Crippen molar-refractivity contribution in [3.05, 3.63) is 46.4 Å². The van der Waals surface area contributed by atoms with Crippen LogP contribution in [-0.4, -0.2) is 31.4 Å². The second kappa shape index (κ2) is 7.58. The highest BCUT2D eigenvalue weighted by atomic mass is 79.9. The summed E-state index contributed by atoms with van der Waals surface area (Å²) in [6, 6.07) is 5.19. The van der Waals surface area contributed by atoms with Crippen molar-refractivity contribution in [1.82, 2.24) is 4.72 Å². The van der Waals surface area contributed by atoms with Crippen LogP contribution in [0, 0.1) is 0 Å². The molecule has 0 unspecified atom stereocenters. The first-order valence-corrected chi connectivity index (χ1v) is 8.56. The van der Waals surface area contributed by atoms with Gasteiger partial charge in [-0.05, 0) is 57.7 Å². The van der Waals surface area contributed by atoms with Crippen LogP contribution in [0.1, 0.15) is 11.1 Å². The van der Waals surface area contributed by atoms with Gasteiger partial charge in [0.25, 0.3) is 5.91 Å². The summed E-state index contributed by atoms with van der Waals surface area (Å²) < 4.78 is 2.68. The molecule has 2 aromatic carbocycles. The lowest BCUT2D eigenvalue weighted by molar-refractivity contribution is -0.113. The number of nitrogens with one attached hydrogen (secondary N) is 1. The Morgan fingerprint density at radius 2 is 1.64 bits per heavy atom. The van der Waals surface area contributed by atoms with Crippen LogP contribution in [0.2, 0.25) is 0 Å². The zero-order chi connectivity index (χ0) is 18.7. The number of carbonyl (C=O) groups excluding carboxylic acids is 1. The summed E-state index contributed by atoms with van der Waals surface area (Å²) >= 11 is 4.07. The Morgan fingerprint density at radius 1 is 1.04 bits per heavy atom. The molecule has 0 fully saturated rings. The van der Waals surface area contributed by atoms with Gasteiger partial charge in [0.1, 0.15) is 0 Å². The summed E-state index contributed by atoms with van der Waals surface area (Å²) in [6.07, 6.45) is 0. The Labute approximate surface area is 155 Å². The van der Waals surface area contributed by atoms with Gasteiger partial charge in [0, 0.05) is 16.9 Å². The Balaban J connectivity index is 2.01. The van der Waals surface area contributed by atoms with E-state index in [0.717, 1.165) is 11.9 Å². The fourth-order valence-corrected chi connectivity index (χ4v) is 3.13. The molecule has 7 nitrogen and oxygen atoms in total. The topological polar surface area (TPSA) is 130 Å². The van der Waals surface area contributed by atoms with E-state index >= 15 is 0 Å². The predicted molar refractivity (Wildman–Crippen MR) is 97.4 cm³/mol. The van der Waals surface area contributed by atoms with E-state index < -0.39 is 28.9 Å². The smallest absolute Gasteiger partial charge is 0.261 e. The number of hydrogen-bond donors (Lipinski definition) is 6. The second-order valence-electron chi connectivity index (χ2n) is 4.98. The maximum Gasteiger partial charge on any atom is 0.261 e. The average molecular weight is 428 g/mol. The summed E-state index contributed by atoms with van der Waals surface area (Å²) in [7, 11) is 0. The standard InChI is InChI=1S/C16H14BrNO6S/c1-7(9-2-3-10(19)15(23)13(9)17)16(24)18-25-6-8-4-11(20)14(22)12(21)5-8/h2-5,19-23H,1,6H2,(H,18,24). The van der Waals surface area contributed by atoms with Crippen LogP contribution in [0.15, 0.2) is 35.3 Å². The van der Waals surface area contributed by atoms with E-state index in [1.54, 1.807) is 0 Å². The third-order valence-electron chi connectivity index (χ3n) is 3.23. The van der Waals surface area contributed by atoms with E-state index in [-0.39, 0.29) is 21.5 Å². The molecule has 0 radical (unpaired) electrons. The molecule has 132 valence electrons. The van der Waals surface area contributed by atoms with Gasteiger partial charge in [-0.3, -0.25) is 9.52 Å². The largest absolute Gasteiger partial charge is 0.504 e. The van der Waals surface area contributed by atoms with E-state index in [1.165, 1.54) is 24.3 Å². The molecule has 0 aliphatic heterocycles. The molecule has 2 aromatic rings. The van der Waals surface area contributed by atoms with E-state index in [1.807, 2.05) is 0 Å². The van der Waals surface area contributed by atoms with Gasteiger partial charge in [-0.2, -0.15) is 0 Å². The van der Waals surface area contributed by atoms with Gasteiger partial charge in [-0.25, -0.2) is 0 Å². The van der Waals surface area contributed by atoms with Crippen molar-refractivity contribution in [2.75, 3.05) is 0 Å². The molecular weight excluding hydrogens is 414 g/mol. The maximum absolute atomic E-state index is 12.1. The molecule has 0 aliphatic carbocycles. The molecule has 1 amide bonds. The lowest BCUT2D eigenvalue weighted by Crippen LogP contribution is -2.17. The number of hydrogen-bond acceptors (Lipinski definition) is 7. The predicted octanol–water partition coefficient (Wildman–Crippen LogP) is 2.95. The number of carbonyl (C=O) groups is 1. The molecule has 0 saturated heterocycles. The van der Waals surface area contributed by atoms with Crippen LogP contribution >= 0.6 is 27.9 Å². The third kappa shape index (κ3) is 4.12. The van der Waals surface area contributed by atoms with Crippen LogP contribution in [-0.2, 0) is 10.5 Å². The SMILES string of the molecule is C=C(C(=O)NSCc1cc(O)c(O)c(O)c1)c1ccc(O)c(O)c1Br. The maximum atomic E-state index is 12.1. The molecule has 0 aromatic heterocycles. The number of amides is 1. The molecule has 6 N–H and O–H groups in total. The van der Waals surface area contributed by atoms with Crippen molar-refractivity contribution in [2.45, 2.75) is 5.75 Å². The lowest BCUT2D eigenvalue weighted by atomic mass is 10.1. The van der Waals surface area contributed by atoms with E-state index in [0.29, 0.717) is 11.1 Å². The van der Waals surface area contributed by atoms with Crippen molar-refractivity contribution in [3.63, 3.8) is 0 Å². The van der Waals surface area contributed by atoms with Crippen molar-refractivity contribution in [1.29, 1.82) is 0 Å². The first-order valence-electron chi connectivity index (χ1n) is 6.78. The number of aromatic hydroxyl groups is 5. The molecule has 0 aliphatic rings. The van der Waals surface area contributed by atoms with Crippen molar-refractivity contribution >= 4 is 39.4 Å². The molecular formula is C16H14BrNO6S. The van der Waals surface area contributed by atoms with Gasteiger partial charge in [-0.1, -0.05) is 6.58 Å². The molecule has 25 heavy (non-hydrogen) atoms. The Bertz CT molecular complexity index is 832. The molecule has 0 heterocycles. The third-order valence-corrected chi connectivity index (χ3v) is 4.84. The highest BCUT2D eigenvalue weighted by Crippen LogP contribution is 2.38. The van der Waals surface area contributed by atoms with Gasteiger partial charge in [-0.15, -0.1) is 0 Å². The zero-order valence-corrected chi connectivity index (χ0v) is 15.1. The summed E-state index contributed by atoms with van der Waals surface area (Å²) in [4.78, 5) is 12.1. The molecule has 0 atom stereocenters. The molecule has 0 saturated carbocycles. The summed E-state index contributed by atoms with van der Waals surface area (Å²) in [5, 5.41) is 47.2. The summed E-state index contributed by atoms with van der Waals surface area (Å²) in [6.45, 7) is 3.66. The quantitative estimate of drug-likeness (QED) is 0.245. The molecule has 2 rings (SSSR count). The molecule has 0 spiro atoms. The number of benzene rings is 2. The number of halogens is 1. The highest BCUT2D eigenvalue weighted by Gasteiger charge is 2.17. The number of phenols is 5. The monoisotopic (exact) mass is 427 g/mol. The number of rotatable bonds is 5. The van der Waals surface area contributed by atoms with Gasteiger partial charge in [0.05, 0.1) is 4.47 Å². The van der Waals surface area contributed by atoms with E-state index in [4.69, 9.17) is 0 Å². The van der Waals surface area contributed by atoms with Gasteiger partial charge < -0.3 is 25.5 Å². The minimum atomic E-state index is -0.608. The van der Waals surface area contributed by atoms with Gasteiger partial charge in [0.15, 0.2) is 28.7 Å². The first-order chi connectivity index (χ1) is 11.7. The Morgan fingerprint density at radius 3 is 2.24 bits per heavy atom. The summed E-state index contributed by atoms with van der Waals surface area (Å²) in [5.74, 6) is -2.57. The van der Waals surface area contributed by atoms with Crippen molar-refractivity contribution < 1.29 is 30.3 Å². The Kier molecular flexibility index (Phi) is 5.70. The minimum Gasteiger partial charge on any atom is -0.504 e. The van der Waals surface area contributed by atoms with Gasteiger partial charge in [0.2, 0.25) is 0 Å². The highest BCUT2D eigenvalue weighted by molar-refractivity contribution is 9.10. The van der Waals surface area contributed by atoms with E-state index in [2.05, 4.69) is 27.2 Å². The zero-order valence-electron chi connectivity index (χ0n) is 12.7. The fraction of sp³-hybridized carbons (Fsp3) is 0.0625. The van der Waals surface area contributed by atoms with Crippen LogP contribution in [0.5, 0.6) is 28.7 Å². The first kappa shape index (κ1) is 18.8. The van der Waals surface area contributed by atoms with Crippen LogP contribution in [0.3, 0.4) is 0 Å². The van der Waals surface area contributed by atoms with Gasteiger partial charge >= 0.3 is 0 Å². The normalized spacial score (nSPS) is 10.4. The second-order valence-corrected chi connectivity index (χ2v) is 6.55. The Hall–Kier alpha value is -2.52. The van der Waals surface area contributed by atoms with Crippen molar-refractivity contribution in [3.8, 4) is 28.7 Å². The summed E-state index contributed by atoms with van der Waals surface area (Å²) in [5.41, 5.74) is 0.853. The minimum absolute atomic E-state index is 0.0612. The fourth-order valence-electron chi connectivity index (χ4n) is 1.90. The lowest BCUT2D eigenvalue weighted by Gasteiger charge is -2.11. The van der Waals surface area contributed by atoms with E-state index in [9.17, 15) is 30.3 Å². The van der Waals surface area contributed by atoms with Crippen LogP contribution in [0.25, 0.3) is 5.57 Å². The van der Waals surface area contributed by atoms with Crippen LogP contribution < -0.4 is 4.72 Å². The molecule has 9 heteroatoms. The van der Waals surface area contributed by atoms with Crippen molar-refractivity contribution in [2.24, 2.45) is 0 Å². The molecule has 0 bridgehead atoms. The van der Waals surface area contributed by atoms with Crippen LogP contribution in [0.4, 0.5) is 0 Å². The average Bonchev–Trinajstić information content (AvgIpc) is 2.57. The number of phenolic OH excluding ortho intramolecular Hbond substituents is 5.